The van der Waals surface area contributed by atoms with E-state index in [9.17, 15) is 14.4 Å². The molecule has 68 heavy (non-hydrogen) atoms. The van der Waals surface area contributed by atoms with Gasteiger partial charge in [-0.1, -0.05) is 242 Å². The summed E-state index contributed by atoms with van der Waals surface area (Å²) >= 11 is 0. The summed E-state index contributed by atoms with van der Waals surface area (Å²) in [5, 5.41) is 0. The standard InChI is InChI=1S/C62H110O6/c1-4-7-10-13-16-19-22-25-27-28-29-30-31-32-33-34-35-38-40-43-46-49-52-55-61(64)67-58-59(57-66-60(63)54-51-48-45-42-39-36-24-21-18-15-12-9-6-3)68-62(65)56-53-50-47-44-41-37-26-23-20-17-14-11-8-5-2/h12,14-15,17,21,23-24,26,28-29,59H,4-11,13,16,18-20,22,25,27,30-58H2,1-3H3/b15-12-,17-14-,24-21-,26-23-,29-28-. The van der Waals surface area contributed by atoms with Gasteiger partial charge in [0.05, 0.1) is 0 Å². The van der Waals surface area contributed by atoms with Crippen molar-refractivity contribution in [3.63, 3.8) is 0 Å². The molecule has 0 radical (unpaired) electrons. The van der Waals surface area contributed by atoms with Gasteiger partial charge in [-0.15, -0.1) is 0 Å². The van der Waals surface area contributed by atoms with Crippen molar-refractivity contribution in [1.29, 1.82) is 0 Å². The highest BCUT2D eigenvalue weighted by Gasteiger charge is 2.19. The summed E-state index contributed by atoms with van der Waals surface area (Å²) in [6.07, 6.45) is 70.8. The number of hydrogen-bond donors (Lipinski definition) is 0. The second-order valence-corrected chi connectivity index (χ2v) is 19.5. The molecule has 0 rings (SSSR count). The molecule has 1 unspecified atom stereocenters. The Morgan fingerprint density at radius 2 is 0.574 bits per heavy atom. The van der Waals surface area contributed by atoms with Gasteiger partial charge in [-0.3, -0.25) is 14.4 Å². The molecular formula is C62H110O6. The molecule has 0 aliphatic heterocycles. The summed E-state index contributed by atoms with van der Waals surface area (Å²) in [4.78, 5) is 38.1. The molecular weight excluding hydrogens is 841 g/mol. The van der Waals surface area contributed by atoms with Crippen molar-refractivity contribution >= 4 is 17.9 Å². The third kappa shape index (κ3) is 54.1. The normalized spacial score (nSPS) is 12.5. The molecule has 0 aromatic carbocycles. The lowest BCUT2D eigenvalue weighted by molar-refractivity contribution is -0.167. The minimum atomic E-state index is -0.787. The summed E-state index contributed by atoms with van der Waals surface area (Å²) in [7, 11) is 0. The van der Waals surface area contributed by atoms with Gasteiger partial charge in [0.25, 0.3) is 0 Å². The largest absolute Gasteiger partial charge is 0.462 e. The van der Waals surface area contributed by atoms with Gasteiger partial charge in [-0.05, 0) is 96.3 Å². The van der Waals surface area contributed by atoms with Gasteiger partial charge >= 0.3 is 17.9 Å². The van der Waals surface area contributed by atoms with Crippen LogP contribution in [0.2, 0.25) is 0 Å². The minimum Gasteiger partial charge on any atom is -0.462 e. The smallest absolute Gasteiger partial charge is 0.306 e. The summed E-state index contributed by atoms with van der Waals surface area (Å²) in [6.45, 7) is 6.53. The van der Waals surface area contributed by atoms with E-state index in [1.807, 2.05) is 0 Å². The Morgan fingerprint density at radius 3 is 0.926 bits per heavy atom. The highest BCUT2D eigenvalue weighted by Crippen LogP contribution is 2.16. The first kappa shape index (κ1) is 65.1. The molecule has 0 aromatic rings. The zero-order valence-electron chi connectivity index (χ0n) is 45.1. The molecule has 0 aromatic heterocycles. The SMILES string of the molecule is CCC/C=C\C/C=C\CCCCCCCC(=O)OCC(COC(=O)CCCCCCCCCCCCC/C=C\CCCCCCCCCC)OC(=O)CCCCCCC/C=C\C/C=C\CCCC. The van der Waals surface area contributed by atoms with Crippen LogP contribution in [-0.2, 0) is 28.6 Å². The summed E-state index contributed by atoms with van der Waals surface area (Å²) in [6, 6.07) is 0. The fraction of sp³-hybridized carbons (Fsp3) is 0.790. The van der Waals surface area contributed by atoms with E-state index < -0.39 is 6.10 Å². The number of carbonyl (C=O) groups excluding carboxylic acids is 3. The summed E-state index contributed by atoms with van der Waals surface area (Å²) in [5.41, 5.74) is 0. The van der Waals surface area contributed by atoms with Gasteiger partial charge in [0.1, 0.15) is 13.2 Å². The van der Waals surface area contributed by atoms with Crippen molar-refractivity contribution in [2.75, 3.05) is 13.2 Å². The lowest BCUT2D eigenvalue weighted by atomic mass is 10.0. The van der Waals surface area contributed by atoms with E-state index in [1.54, 1.807) is 0 Å². The Bertz CT molecular complexity index is 1230. The summed E-state index contributed by atoms with van der Waals surface area (Å²) in [5.74, 6) is -0.904. The van der Waals surface area contributed by atoms with E-state index in [0.29, 0.717) is 19.3 Å². The molecule has 0 bridgehead atoms. The highest BCUT2D eigenvalue weighted by atomic mass is 16.6. The monoisotopic (exact) mass is 951 g/mol. The lowest BCUT2D eigenvalue weighted by Crippen LogP contribution is -2.30. The third-order valence-corrected chi connectivity index (χ3v) is 12.7. The van der Waals surface area contributed by atoms with Crippen molar-refractivity contribution in [3.05, 3.63) is 60.8 Å². The number of esters is 3. The minimum absolute atomic E-state index is 0.0839. The van der Waals surface area contributed by atoms with Crippen LogP contribution in [0.15, 0.2) is 60.8 Å². The Morgan fingerprint density at radius 1 is 0.294 bits per heavy atom. The second-order valence-electron chi connectivity index (χ2n) is 19.5. The van der Waals surface area contributed by atoms with E-state index in [1.165, 1.54) is 148 Å². The molecule has 1 atom stereocenters. The van der Waals surface area contributed by atoms with Crippen LogP contribution in [0, 0.1) is 0 Å². The fourth-order valence-corrected chi connectivity index (χ4v) is 8.26. The molecule has 0 spiro atoms. The van der Waals surface area contributed by atoms with Crippen LogP contribution in [0.25, 0.3) is 0 Å². The molecule has 0 N–H and O–H groups in total. The van der Waals surface area contributed by atoms with Crippen molar-refractivity contribution < 1.29 is 28.6 Å². The van der Waals surface area contributed by atoms with E-state index in [-0.39, 0.29) is 31.1 Å². The number of allylic oxidation sites excluding steroid dienone is 10. The zero-order valence-corrected chi connectivity index (χ0v) is 45.1. The third-order valence-electron chi connectivity index (χ3n) is 12.7. The van der Waals surface area contributed by atoms with Crippen LogP contribution in [0.4, 0.5) is 0 Å². The van der Waals surface area contributed by atoms with Crippen LogP contribution >= 0.6 is 0 Å². The molecule has 394 valence electrons. The molecule has 0 amide bonds. The molecule has 0 saturated heterocycles. The van der Waals surface area contributed by atoms with Crippen LogP contribution < -0.4 is 0 Å². The van der Waals surface area contributed by atoms with E-state index in [2.05, 4.69) is 81.5 Å². The quantitative estimate of drug-likeness (QED) is 0.0262. The van der Waals surface area contributed by atoms with Gasteiger partial charge in [0.15, 0.2) is 6.10 Å². The zero-order chi connectivity index (χ0) is 49.3. The maximum absolute atomic E-state index is 12.8. The number of carbonyl (C=O) groups is 3. The molecule has 0 aliphatic carbocycles. The predicted octanol–water partition coefficient (Wildman–Crippen LogP) is 19.6. The molecule has 0 fully saturated rings. The number of unbranched alkanes of at least 4 members (excludes halogenated alkanes) is 32. The maximum atomic E-state index is 12.8. The maximum Gasteiger partial charge on any atom is 0.306 e. The average Bonchev–Trinajstić information content (AvgIpc) is 3.34. The van der Waals surface area contributed by atoms with Gasteiger partial charge in [-0.2, -0.15) is 0 Å². The van der Waals surface area contributed by atoms with Crippen LogP contribution in [0.3, 0.4) is 0 Å². The van der Waals surface area contributed by atoms with Crippen molar-refractivity contribution in [3.8, 4) is 0 Å². The molecule has 6 nitrogen and oxygen atoms in total. The van der Waals surface area contributed by atoms with Gasteiger partial charge in [-0.25, -0.2) is 0 Å². The molecule has 0 aliphatic rings. The number of hydrogen-bond acceptors (Lipinski definition) is 6. The van der Waals surface area contributed by atoms with Crippen molar-refractivity contribution in [2.24, 2.45) is 0 Å². The second kappa shape index (κ2) is 56.7. The van der Waals surface area contributed by atoms with Crippen molar-refractivity contribution in [2.45, 2.75) is 303 Å². The lowest BCUT2D eigenvalue weighted by Gasteiger charge is -2.18. The van der Waals surface area contributed by atoms with Crippen LogP contribution in [0.5, 0.6) is 0 Å². The van der Waals surface area contributed by atoms with E-state index in [0.717, 1.165) is 109 Å². The average molecular weight is 952 g/mol. The number of ether oxygens (including phenoxy) is 3. The number of rotatable bonds is 53. The Hall–Kier alpha value is -2.89. The fourth-order valence-electron chi connectivity index (χ4n) is 8.26. The van der Waals surface area contributed by atoms with Crippen LogP contribution in [0.1, 0.15) is 297 Å². The first-order valence-electron chi connectivity index (χ1n) is 29.3. The summed E-state index contributed by atoms with van der Waals surface area (Å²) < 4.78 is 16.8. The predicted molar refractivity (Wildman–Crippen MR) is 293 cm³/mol. The highest BCUT2D eigenvalue weighted by molar-refractivity contribution is 5.71. The van der Waals surface area contributed by atoms with Crippen molar-refractivity contribution in [1.82, 2.24) is 0 Å². The first-order chi connectivity index (χ1) is 33.5. The molecule has 0 saturated carbocycles. The Balaban J connectivity index is 4.30. The van der Waals surface area contributed by atoms with Gasteiger partial charge in [0, 0.05) is 19.3 Å². The van der Waals surface area contributed by atoms with Crippen LogP contribution in [-0.4, -0.2) is 37.2 Å². The first-order valence-corrected chi connectivity index (χ1v) is 29.3. The van der Waals surface area contributed by atoms with E-state index in [4.69, 9.17) is 14.2 Å². The molecule has 6 heteroatoms. The topological polar surface area (TPSA) is 78.9 Å². The Labute approximate surface area is 421 Å². The van der Waals surface area contributed by atoms with E-state index >= 15 is 0 Å². The molecule has 0 heterocycles. The van der Waals surface area contributed by atoms with Gasteiger partial charge < -0.3 is 14.2 Å². The van der Waals surface area contributed by atoms with Gasteiger partial charge in [0.2, 0.25) is 0 Å². The Kier molecular flexibility index (Phi) is 54.3.